The van der Waals surface area contributed by atoms with E-state index in [0.717, 1.165) is 0 Å². The molecule has 18 heteroatoms. The molecule has 17 nitrogen and oxygen atoms in total. The fourth-order valence-corrected chi connectivity index (χ4v) is 6.04. The van der Waals surface area contributed by atoms with Crippen LogP contribution in [0.4, 0.5) is 26.1 Å². The van der Waals surface area contributed by atoms with Crippen LogP contribution < -0.4 is 9.80 Å². The molecule has 5 rings (SSSR count). The van der Waals surface area contributed by atoms with Gasteiger partial charge in [0, 0.05) is 38.6 Å². The first-order chi connectivity index (χ1) is 23.2. The first kappa shape index (κ1) is 36.9. The van der Waals surface area contributed by atoms with Gasteiger partial charge in [-0.3, -0.25) is 4.57 Å². The zero-order valence-electron chi connectivity index (χ0n) is 29.9. The Morgan fingerprint density at radius 2 is 1.48 bits per heavy atom. The van der Waals surface area contributed by atoms with Crippen molar-refractivity contribution in [3.05, 3.63) is 17.7 Å². The van der Waals surface area contributed by atoms with Crippen molar-refractivity contribution in [1.29, 1.82) is 0 Å². The lowest BCUT2D eigenvalue weighted by Crippen LogP contribution is -2.54. The molecule has 0 saturated carbocycles. The fourth-order valence-electron chi connectivity index (χ4n) is 5.73. The zero-order valence-corrected chi connectivity index (χ0v) is 30.7. The first-order valence-corrected chi connectivity index (χ1v) is 16.8. The Hall–Kier alpha value is -4.35. The van der Waals surface area contributed by atoms with E-state index < -0.39 is 35.0 Å². The Kier molecular flexibility index (Phi) is 10.2. The molecule has 0 radical (unpaired) electrons. The number of fused-ring (bicyclic) bond motifs is 1. The summed E-state index contributed by atoms with van der Waals surface area (Å²) in [5, 5.41) is 13.3. The summed E-state index contributed by atoms with van der Waals surface area (Å²) in [6.07, 6.45) is 0.372. The van der Waals surface area contributed by atoms with Gasteiger partial charge in [0.15, 0.2) is 22.8 Å². The summed E-state index contributed by atoms with van der Waals surface area (Å²) in [4.78, 5) is 64.3. The van der Waals surface area contributed by atoms with Crippen LogP contribution in [0.2, 0.25) is 5.28 Å². The molecule has 2 aliphatic heterocycles. The van der Waals surface area contributed by atoms with Crippen molar-refractivity contribution in [3.63, 3.8) is 0 Å². The van der Waals surface area contributed by atoms with Crippen LogP contribution in [0, 0.1) is 0 Å². The molecule has 2 aliphatic rings. The normalized spacial score (nSPS) is 17.6. The number of nitrogens with zero attached hydrogens (tertiary/aromatic N) is 10. The van der Waals surface area contributed by atoms with Gasteiger partial charge in [-0.15, -0.1) is 4.90 Å². The number of rotatable bonds is 5. The minimum absolute atomic E-state index is 0.197. The van der Waals surface area contributed by atoms with Crippen LogP contribution in [-0.4, -0.2) is 119 Å². The summed E-state index contributed by atoms with van der Waals surface area (Å²) in [6, 6.07) is -0.244. The molecule has 50 heavy (non-hydrogen) atoms. The van der Waals surface area contributed by atoms with E-state index in [-0.39, 0.29) is 23.1 Å². The monoisotopic (exact) mass is 716 g/mol. The number of halogens is 1. The van der Waals surface area contributed by atoms with E-state index in [1.54, 1.807) is 46.6 Å². The number of hydrogen-bond donors (Lipinski definition) is 1. The Morgan fingerprint density at radius 1 is 0.900 bits per heavy atom. The highest BCUT2D eigenvalue weighted by atomic mass is 35.5. The third-order valence-corrected chi connectivity index (χ3v) is 7.91. The highest BCUT2D eigenvalue weighted by molar-refractivity contribution is 6.29. The highest BCUT2D eigenvalue weighted by Gasteiger charge is 2.39. The average Bonchev–Trinajstić information content (AvgIpc) is 3.58. The van der Waals surface area contributed by atoms with E-state index >= 15 is 0 Å². The number of hydrogen-bond acceptors (Lipinski definition) is 13. The van der Waals surface area contributed by atoms with Gasteiger partial charge in [-0.05, 0) is 80.3 Å². The highest BCUT2D eigenvalue weighted by Crippen LogP contribution is 2.36. The SMILES string of the molecule is CC(C)(C)OC(=O)N(C(=O)OC(C)(C)C)c1ncc(-c2nc(N3CCOCC3)c3nc(Cl)n([C@H]4CCN(N(C(=O)O)C(C)(C)C)C4)c3n2)cn1. The van der Waals surface area contributed by atoms with Crippen molar-refractivity contribution < 1.29 is 33.7 Å². The Labute approximate surface area is 295 Å². The van der Waals surface area contributed by atoms with Crippen LogP contribution in [0.25, 0.3) is 22.6 Å². The minimum Gasteiger partial charge on any atom is -0.464 e. The van der Waals surface area contributed by atoms with Gasteiger partial charge >= 0.3 is 18.3 Å². The van der Waals surface area contributed by atoms with E-state index in [9.17, 15) is 19.5 Å². The van der Waals surface area contributed by atoms with Gasteiger partial charge in [0.25, 0.3) is 0 Å². The number of aromatic nitrogens is 6. The molecule has 5 heterocycles. The summed E-state index contributed by atoms with van der Waals surface area (Å²) in [5.74, 6) is 0.535. The van der Waals surface area contributed by atoms with E-state index in [2.05, 4.69) is 15.0 Å². The second kappa shape index (κ2) is 13.8. The van der Waals surface area contributed by atoms with Gasteiger partial charge < -0.3 is 24.2 Å². The molecule has 0 unspecified atom stereocenters. The fraction of sp³-hybridized carbons (Fsp3) is 0.625. The van der Waals surface area contributed by atoms with E-state index in [0.29, 0.717) is 73.3 Å². The molecule has 0 aliphatic carbocycles. The Bertz CT molecular complexity index is 1710. The summed E-state index contributed by atoms with van der Waals surface area (Å²) in [7, 11) is 0. The molecule has 3 aromatic rings. The summed E-state index contributed by atoms with van der Waals surface area (Å²) in [6.45, 7) is 18.5. The molecule has 0 aromatic carbocycles. The first-order valence-electron chi connectivity index (χ1n) is 16.4. The quantitative estimate of drug-likeness (QED) is 0.332. The second-order valence-electron chi connectivity index (χ2n) is 15.1. The average molecular weight is 717 g/mol. The molecule has 272 valence electrons. The van der Waals surface area contributed by atoms with Gasteiger partial charge in [-0.2, -0.15) is 0 Å². The molecule has 1 N–H and O–H groups in total. The number of imide groups is 1. The maximum atomic E-state index is 13.2. The lowest BCUT2D eigenvalue weighted by Gasteiger charge is -2.39. The molecule has 3 aromatic heterocycles. The van der Waals surface area contributed by atoms with Crippen LogP contribution in [0.15, 0.2) is 12.4 Å². The summed E-state index contributed by atoms with van der Waals surface area (Å²) >= 11 is 6.82. The topological polar surface area (TPSA) is 181 Å². The number of carboxylic acid groups (broad SMARTS) is 1. The molecule has 2 saturated heterocycles. The molecule has 2 fully saturated rings. The molecule has 0 bridgehead atoms. The molecule has 0 spiro atoms. The van der Waals surface area contributed by atoms with E-state index in [1.807, 2.05) is 30.2 Å². The number of ether oxygens (including phenoxy) is 3. The van der Waals surface area contributed by atoms with Crippen LogP contribution in [0.3, 0.4) is 0 Å². The molecule has 1 atom stereocenters. The van der Waals surface area contributed by atoms with Crippen LogP contribution in [-0.2, 0) is 14.2 Å². The molecular formula is C32H45ClN10O7. The van der Waals surface area contributed by atoms with Gasteiger partial charge in [0.05, 0.1) is 30.4 Å². The van der Waals surface area contributed by atoms with Crippen LogP contribution in [0.1, 0.15) is 74.8 Å². The Morgan fingerprint density at radius 3 is 2.00 bits per heavy atom. The van der Waals surface area contributed by atoms with Crippen molar-refractivity contribution in [2.75, 3.05) is 49.2 Å². The number of carbonyl (C=O) groups is 3. The molecular weight excluding hydrogens is 672 g/mol. The number of hydrazine groups is 1. The van der Waals surface area contributed by atoms with Gasteiger partial charge in [-0.1, -0.05) is 0 Å². The summed E-state index contributed by atoms with van der Waals surface area (Å²) in [5.41, 5.74) is -1.14. The van der Waals surface area contributed by atoms with Gasteiger partial charge in [0.1, 0.15) is 11.2 Å². The van der Waals surface area contributed by atoms with Gasteiger partial charge in [0.2, 0.25) is 11.2 Å². The van der Waals surface area contributed by atoms with Crippen LogP contribution in [0.5, 0.6) is 0 Å². The Balaban J connectivity index is 1.56. The number of carbonyl (C=O) groups excluding carboxylic acids is 2. The standard InChI is InChI=1S/C32H45ClN10O7/c1-30(2,3)43(27(44)45)40-11-10-20(18-40)41-24-21(36-25(41)33)23(39-12-14-48-15-13-39)37-22(38-24)19-16-34-26(35-17-19)42(28(46)49-31(4,5)6)29(47)50-32(7,8)9/h16-17,20H,10-15,18H2,1-9H3,(H,44,45)/t20-/m0/s1. The third kappa shape index (κ3) is 8.16. The number of anilines is 2. The van der Waals surface area contributed by atoms with Gasteiger partial charge in [-0.25, -0.2) is 49.3 Å². The van der Waals surface area contributed by atoms with Crippen molar-refractivity contribution in [1.82, 2.24) is 39.5 Å². The van der Waals surface area contributed by atoms with Crippen molar-refractivity contribution in [3.8, 4) is 11.4 Å². The lowest BCUT2D eigenvalue weighted by molar-refractivity contribution is -0.0523. The van der Waals surface area contributed by atoms with E-state index in [1.165, 1.54) is 17.4 Å². The predicted octanol–water partition coefficient (Wildman–Crippen LogP) is 5.39. The van der Waals surface area contributed by atoms with Crippen molar-refractivity contribution in [2.45, 2.75) is 91.5 Å². The smallest absolute Gasteiger partial charge is 0.427 e. The zero-order chi connectivity index (χ0) is 36.8. The second-order valence-corrected chi connectivity index (χ2v) is 15.4. The molecule has 3 amide bonds. The third-order valence-electron chi connectivity index (χ3n) is 7.64. The maximum Gasteiger partial charge on any atom is 0.427 e. The summed E-state index contributed by atoms with van der Waals surface area (Å²) < 4.78 is 18.3. The van der Waals surface area contributed by atoms with Crippen molar-refractivity contribution in [2.24, 2.45) is 0 Å². The minimum atomic E-state index is -1.04. The van der Waals surface area contributed by atoms with Crippen LogP contribution >= 0.6 is 11.6 Å². The van der Waals surface area contributed by atoms with Crippen molar-refractivity contribution >= 4 is 52.8 Å². The lowest BCUT2D eigenvalue weighted by atomic mass is 10.1. The predicted molar refractivity (Wildman–Crippen MR) is 184 cm³/mol. The van der Waals surface area contributed by atoms with E-state index in [4.69, 9.17) is 35.8 Å². The number of imidazole rings is 1. The maximum absolute atomic E-state index is 13.2. The largest absolute Gasteiger partial charge is 0.464 e. The number of amides is 3. The number of morpholine rings is 1.